The van der Waals surface area contributed by atoms with Crippen LogP contribution in [0.5, 0.6) is 0 Å². The highest BCUT2D eigenvalue weighted by Gasteiger charge is 2.13. The zero-order valence-corrected chi connectivity index (χ0v) is 15.4. The number of halogens is 1. The Labute approximate surface area is 159 Å². The topological polar surface area (TPSA) is 53.4 Å². The number of hydrogen-bond acceptors (Lipinski definition) is 3. The molecule has 0 radical (unpaired) electrons. The number of hydrogen-bond donors (Lipinski definition) is 1. The number of benzene rings is 3. The van der Waals surface area contributed by atoms with Gasteiger partial charge in [-0.05, 0) is 18.2 Å². The average Bonchev–Trinajstić information content (AvgIpc) is 3.12. The molecule has 4 rings (SSSR count). The fourth-order valence-corrected chi connectivity index (χ4v) is 3.06. The third kappa shape index (κ3) is 3.63. The Balaban J connectivity index is 1.76. The van der Waals surface area contributed by atoms with E-state index in [9.17, 15) is 0 Å². The van der Waals surface area contributed by atoms with Crippen LogP contribution < -0.4 is 0 Å². The van der Waals surface area contributed by atoms with E-state index in [1.165, 1.54) is 0 Å². The smallest absolute Gasteiger partial charge is 0.247 e. The highest BCUT2D eigenvalue weighted by molar-refractivity contribution is 9.10. The van der Waals surface area contributed by atoms with Crippen molar-refractivity contribution in [1.29, 1.82) is 0 Å². The van der Waals surface area contributed by atoms with Crippen LogP contribution in [0, 0.1) is 0 Å². The van der Waals surface area contributed by atoms with Gasteiger partial charge in [-0.25, -0.2) is 4.98 Å². The van der Waals surface area contributed by atoms with Crippen molar-refractivity contribution in [1.82, 2.24) is 9.97 Å². The zero-order valence-electron chi connectivity index (χ0n) is 13.8. The summed E-state index contributed by atoms with van der Waals surface area (Å²) >= 11 is 3.44. The molecule has 0 aliphatic carbocycles. The van der Waals surface area contributed by atoms with Crippen LogP contribution in [0.25, 0.3) is 22.5 Å². The molecule has 0 aliphatic rings. The van der Waals surface area contributed by atoms with Gasteiger partial charge < -0.3 is 4.98 Å². The van der Waals surface area contributed by atoms with Gasteiger partial charge in [0.05, 0.1) is 17.1 Å². The molecule has 1 N–H and O–H groups in total. The number of azo groups is 1. The first-order valence-corrected chi connectivity index (χ1v) is 8.97. The summed E-state index contributed by atoms with van der Waals surface area (Å²) < 4.78 is 0.961. The number of nitrogens with zero attached hydrogens (tertiary/aromatic N) is 3. The lowest BCUT2D eigenvalue weighted by Crippen LogP contribution is -1.82. The average molecular weight is 403 g/mol. The van der Waals surface area contributed by atoms with Crippen molar-refractivity contribution >= 4 is 27.6 Å². The van der Waals surface area contributed by atoms with Crippen molar-refractivity contribution in [3.05, 3.63) is 89.4 Å². The van der Waals surface area contributed by atoms with Crippen LogP contribution in [0.1, 0.15) is 0 Å². The van der Waals surface area contributed by atoms with Gasteiger partial charge in [0, 0.05) is 15.6 Å². The highest BCUT2D eigenvalue weighted by Crippen LogP contribution is 2.32. The number of aromatic nitrogens is 2. The lowest BCUT2D eigenvalue weighted by atomic mass is 10.1. The second-order valence-electron chi connectivity index (χ2n) is 5.70. The quantitative estimate of drug-likeness (QED) is 0.370. The van der Waals surface area contributed by atoms with E-state index in [-0.39, 0.29) is 0 Å². The van der Waals surface area contributed by atoms with E-state index in [4.69, 9.17) is 0 Å². The Morgan fingerprint density at radius 1 is 0.731 bits per heavy atom. The monoisotopic (exact) mass is 402 g/mol. The molecule has 0 atom stereocenters. The SMILES string of the molecule is Brc1cccc(N=Nc2nc(-c3ccccc3)c(-c3ccccc3)[nH]2)c1. The molecule has 1 aromatic heterocycles. The van der Waals surface area contributed by atoms with Crippen molar-refractivity contribution in [2.75, 3.05) is 0 Å². The van der Waals surface area contributed by atoms with Crippen LogP contribution in [0.3, 0.4) is 0 Å². The van der Waals surface area contributed by atoms with E-state index in [1.807, 2.05) is 72.8 Å². The van der Waals surface area contributed by atoms with Crippen LogP contribution in [0.2, 0.25) is 0 Å². The van der Waals surface area contributed by atoms with Crippen LogP contribution in [0.4, 0.5) is 11.6 Å². The van der Waals surface area contributed by atoms with Crippen LogP contribution in [-0.4, -0.2) is 9.97 Å². The summed E-state index contributed by atoms with van der Waals surface area (Å²) in [5.74, 6) is 0.475. The van der Waals surface area contributed by atoms with E-state index >= 15 is 0 Å². The number of nitrogens with one attached hydrogen (secondary N) is 1. The molecule has 0 unspecified atom stereocenters. The largest absolute Gasteiger partial charge is 0.320 e. The third-order valence-corrected chi connectivity index (χ3v) is 4.36. The normalized spacial score (nSPS) is 11.1. The summed E-state index contributed by atoms with van der Waals surface area (Å²) in [6, 6.07) is 27.9. The molecular formula is C21H15BrN4. The Kier molecular flexibility index (Phi) is 4.71. The summed E-state index contributed by atoms with van der Waals surface area (Å²) in [6.07, 6.45) is 0. The molecule has 0 fully saturated rings. The molecule has 0 spiro atoms. The second-order valence-corrected chi connectivity index (χ2v) is 6.61. The molecule has 4 nitrogen and oxygen atoms in total. The van der Waals surface area contributed by atoms with Crippen molar-refractivity contribution in [3.63, 3.8) is 0 Å². The molecule has 1 heterocycles. The minimum Gasteiger partial charge on any atom is -0.320 e. The second kappa shape index (κ2) is 7.45. The predicted molar refractivity (Wildman–Crippen MR) is 108 cm³/mol. The fourth-order valence-electron chi connectivity index (χ4n) is 2.67. The Hall–Kier alpha value is -3.05. The molecule has 0 amide bonds. The van der Waals surface area contributed by atoms with Gasteiger partial charge in [0.2, 0.25) is 5.95 Å². The molecule has 4 aromatic rings. The van der Waals surface area contributed by atoms with Crippen molar-refractivity contribution < 1.29 is 0 Å². The first-order chi connectivity index (χ1) is 12.8. The number of imidazole rings is 1. The van der Waals surface area contributed by atoms with Crippen molar-refractivity contribution in [3.8, 4) is 22.5 Å². The van der Waals surface area contributed by atoms with Crippen LogP contribution in [-0.2, 0) is 0 Å². The van der Waals surface area contributed by atoms with Gasteiger partial charge in [-0.2, -0.15) is 0 Å². The summed E-state index contributed by atoms with van der Waals surface area (Å²) in [7, 11) is 0. The number of rotatable bonds is 4. The van der Waals surface area contributed by atoms with E-state index in [1.54, 1.807) is 0 Å². The number of H-pyrrole nitrogens is 1. The van der Waals surface area contributed by atoms with Gasteiger partial charge in [0.15, 0.2) is 0 Å². The Morgan fingerprint density at radius 3 is 2.12 bits per heavy atom. The van der Waals surface area contributed by atoms with E-state index in [0.717, 1.165) is 32.7 Å². The van der Waals surface area contributed by atoms with Gasteiger partial charge in [0.25, 0.3) is 0 Å². The predicted octanol–water partition coefficient (Wildman–Crippen LogP) is 6.92. The van der Waals surface area contributed by atoms with Crippen LogP contribution in [0.15, 0.2) is 99.6 Å². The lowest BCUT2D eigenvalue weighted by molar-refractivity contribution is 1.12. The first kappa shape index (κ1) is 16.4. The zero-order chi connectivity index (χ0) is 17.8. The van der Waals surface area contributed by atoms with Crippen LogP contribution >= 0.6 is 15.9 Å². The molecule has 0 aliphatic heterocycles. The number of aromatic amines is 1. The summed E-state index contributed by atoms with van der Waals surface area (Å²) in [5.41, 5.74) is 4.65. The van der Waals surface area contributed by atoms with Gasteiger partial charge in [-0.15, -0.1) is 10.2 Å². The molecular weight excluding hydrogens is 388 g/mol. The summed E-state index contributed by atoms with van der Waals surface area (Å²) in [4.78, 5) is 7.96. The molecule has 0 saturated heterocycles. The first-order valence-electron chi connectivity index (χ1n) is 8.18. The Morgan fingerprint density at radius 2 is 1.42 bits per heavy atom. The van der Waals surface area contributed by atoms with Crippen molar-refractivity contribution in [2.45, 2.75) is 0 Å². The van der Waals surface area contributed by atoms with E-state index < -0.39 is 0 Å². The third-order valence-electron chi connectivity index (χ3n) is 3.87. The minimum atomic E-state index is 0.475. The summed E-state index contributed by atoms with van der Waals surface area (Å²) in [6.45, 7) is 0. The van der Waals surface area contributed by atoms with Gasteiger partial charge >= 0.3 is 0 Å². The van der Waals surface area contributed by atoms with E-state index in [2.05, 4.69) is 48.3 Å². The molecule has 0 bridgehead atoms. The fraction of sp³-hybridized carbons (Fsp3) is 0. The molecule has 26 heavy (non-hydrogen) atoms. The van der Waals surface area contributed by atoms with Gasteiger partial charge in [0.1, 0.15) is 0 Å². The Bertz CT molecular complexity index is 983. The van der Waals surface area contributed by atoms with Crippen molar-refractivity contribution in [2.24, 2.45) is 10.2 Å². The maximum Gasteiger partial charge on any atom is 0.247 e. The van der Waals surface area contributed by atoms with E-state index in [0.29, 0.717) is 5.95 Å². The molecule has 0 saturated carbocycles. The standard InChI is InChI=1S/C21H15BrN4/c22-17-12-7-13-18(14-17)25-26-21-23-19(15-8-3-1-4-9-15)20(24-21)16-10-5-2-6-11-16/h1-14H,(H,23,24). The maximum absolute atomic E-state index is 4.67. The summed E-state index contributed by atoms with van der Waals surface area (Å²) in [5, 5.41) is 8.57. The highest BCUT2D eigenvalue weighted by atomic mass is 79.9. The molecule has 126 valence electrons. The lowest BCUT2D eigenvalue weighted by Gasteiger charge is -2.02. The van der Waals surface area contributed by atoms with Gasteiger partial charge in [-0.3, -0.25) is 0 Å². The minimum absolute atomic E-state index is 0.475. The van der Waals surface area contributed by atoms with Gasteiger partial charge in [-0.1, -0.05) is 82.7 Å². The maximum atomic E-state index is 4.67. The molecule has 3 aromatic carbocycles. The molecule has 5 heteroatoms.